The van der Waals surface area contributed by atoms with Gasteiger partial charge in [0.05, 0.1) is 6.26 Å². The van der Waals surface area contributed by atoms with Gasteiger partial charge in [0.25, 0.3) is 11.8 Å². The minimum Gasteiger partial charge on any atom is -0.459 e. The number of hydrogen-bond donors (Lipinski definition) is 3. The molecule has 8 nitrogen and oxygen atoms in total. The van der Waals surface area contributed by atoms with Crippen LogP contribution >= 0.6 is 12.2 Å². The van der Waals surface area contributed by atoms with Gasteiger partial charge in [0.1, 0.15) is 17.0 Å². The number of hydrogen-bond acceptors (Lipinski definition) is 6. The van der Waals surface area contributed by atoms with E-state index in [2.05, 4.69) is 21.3 Å². The van der Waals surface area contributed by atoms with Crippen molar-refractivity contribution >= 4 is 29.1 Å². The highest BCUT2D eigenvalue weighted by atomic mass is 32.1. The summed E-state index contributed by atoms with van der Waals surface area (Å²) in [4.78, 5) is 24.3. The second-order valence-electron chi connectivity index (χ2n) is 5.17. The van der Waals surface area contributed by atoms with Crippen molar-refractivity contribution in [2.24, 2.45) is 0 Å². The summed E-state index contributed by atoms with van der Waals surface area (Å²) in [5.41, 5.74) is 6.29. The van der Waals surface area contributed by atoms with Crippen LogP contribution in [0.1, 0.15) is 26.7 Å². The first-order chi connectivity index (χ1) is 12.6. The molecule has 3 aromatic rings. The molecule has 2 heterocycles. The molecule has 0 spiro atoms. The normalized spacial score (nSPS) is 10.2. The van der Waals surface area contributed by atoms with Crippen LogP contribution in [0, 0.1) is 6.92 Å². The van der Waals surface area contributed by atoms with Gasteiger partial charge in [0.2, 0.25) is 0 Å². The molecule has 0 saturated heterocycles. The number of hydrazine groups is 1. The largest absolute Gasteiger partial charge is 0.459 e. The number of furan rings is 1. The smallest absolute Gasteiger partial charge is 0.293 e. The Morgan fingerprint density at radius 2 is 1.81 bits per heavy atom. The van der Waals surface area contributed by atoms with Gasteiger partial charge in [-0.05, 0) is 31.3 Å². The Labute approximate surface area is 153 Å². The number of nitrogens with zero attached hydrogens (tertiary/aromatic N) is 1. The van der Waals surface area contributed by atoms with Crippen LogP contribution < -0.4 is 16.2 Å². The van der Waals surface area contributed by atoms with Gasteiger partial charge in [-0.2, -0.15) is 0 Å². The summed E-state index contributed by atoms with van der Waals surface area (Å²) in [6, 6.07) is 12.2. The first kappa shape index (κ1) is 17.4. The highest BCUT2D eigenvalue weighted by Gasteiger charge is 2.21. The second kappa shape index (κ2) is 7.62. The topological polar surface area (TPSA) is 109 Å². The third-order valence-electron chi connectivity index (χ3n) is 3.40. The molecule has 9 heteroatoms. The molecule has 3 N–H and O–H groups in total. The van der Waals surface area contributed by atoms with Gasteiger partial charge in [-0.15, -0.1) is 0 Å². The molecule has 132 valence electrons. The molecule has 0 aliphatic heterocycles. The predicted octanol–water partition coefficient (Wildman–Crippen LogP) is 2.19. The van der Waals surface area contributed by atoms with Crippen LogP contribution in [0.5, 0.6) is 0 Å². The monoisotopic (exact) mass is 370 g/mol. The fourth-order valence-corrected chi connectivity index (χ4v) is 2.36. The van der Waals surface area contributed by atoms with Crippen LogP contribution in [-0.4, -0.2) is 22.1 Å². The summed E-state index contributed by atoms with van der Waals surface area (Å²) in [5.74, 6) is -0.583. The number of amides is 2. The van der Waals surface area contributed by atoms with E-state index < -0.39 is 11.8 Å². The number of benzene rings is 1. The molecule has 0 aliphatic rings. The maximum atomic E-state index is 12.5. The maximum Gasteiger partial charge on any atom is 0.293 e. The van der Waals surface area contributed by atoms with Gasteiger partial charge in [-0.25, -0.2) is 0 Å². The Balaban J connectivity index is 1.65. The number of thiocarbonyl (C=S) groups is 1. The van der Waals surface area contributed by atoms with E-state index in [-0.39, 0.29) is 16.4 Å². The number of carbonyl (C=O) groups excluding carboxylic acids is 2. The van der Waals surface area contributed by atoms with Gasteiger partial charge in [-0.3, -0.25) is 25.8 Å². The highest BCUT2D eigenvalue weighted by molar-refractivity contribution is 7.80. The number of aromatic nitrogens is 1. The molecule has 0 saturated carbocycles. The predicted molar refractivity (Wildman–Crippen MR) is 96.1 cm³/mol. The lowest BCUT2D eigenvalue weighted by molar-refractivity contribution is 0.0926. The van der Waals surface area contributed by atoms with E-state index in [1.165, 1.54) is 12.3 Å². The molecular formula is C17H14N4O4S. The molecule has 3 rings (SSSR count). The van der Waals surface area contributed by atoms with Crippen LogP contribution in [0.15, 0.2) is 57.7 Å². The molecule has 2 aromatic heterocycles. The molecule has 0 bridgehead atoms. The zero-order valence-electron chi connectivity index (χ0n) is 13.6. The van der Waals surface area contributed by atoms with Gasteiger partial charge in [-0.1, -0.05) is 35.5 Å². The molecular weight excluding hydrogens is 356 g/mol. The summed E-state index contributed by atoms with van der Waals surface area (Å²) < 4.78 is 10.1. The molecule has 2 amide bonds. The molecule has 0 unspecified atom stereocenters. The maximum absolute atomic E-state index is 12.5. The minimum absolute atomic E-state index is 0.0879. The van der Waals surface area contributed by atoms with Crippen molar-refractivity contribution in [3.63, 3.8) is 0 Å². The number of carbonyl (C=O) groups is 2. The van der Waals surface area contributed by atoms with E-state index in [1.54, 1.807) is 13.0 Å². The summed E-state index contributed by atoms with van der Waals surface area (Å²) in [6.45, 7) is 1.63. The van der Waals surface area contributed by atoms with Gasteiger partial charge in [0, 0.05) is 5.56 Å². The van der Waals surface area contributed by atoms with Crippen LogP contribution in [0.25, 0.3) is 11.3 Å². The number of nitrogens with one attached hydrogen (secondary N) is 3. The lowest BCUT2D eigenvalue weighted by atomic mass is 10.1. The van der Waals surface area contributed by atoms with Crippen molar-refractivity contribution in [3.8, 4) is 11.3 Å². The van der Waals surface area contributed by atoms with Crippen LogP contribution in [-0.2, 0) is 0 Å². The summed E-state index contributed by atoms with van der Waals surface area (Å²) in [5, 5.41) is 6.23. The van der Waals surface area contributed by atoms with E-state index in [4.69, 9.17) is 21.2 Å². The first-order valence-corrected chi connectivity index (χ1v) is 7.94. The lowest BCUT2D eigenvalue weighted by Gasteiger charge is -2.10. The summed E-state index contributed by atoms with van der Waals surface area (Å²) >= 11 is 4.97. The number of aryl methyl sites for hydroxylation is 1. The zero-order chi connectivity index (χ0) is 18.5. The molecule has 0 atom stereocenters. The third kappa shape index (κ3) is 3.78. The Morgan fingerprint density at radius 3 is 2.50 bits per heavy atom. The van der Waals surface area contributed by atoms with E-state index in [0.717, 1.165) is 5.56 Å². The second-order valence-corrected chi connectivity index (χ2v) is 5.58. The Hall–Kier alpha value is -3.46. The fourth-order valence-electron chi connectivity index (χ4n) is 2.21. The molecule has 26 heavy (non-hydrogen) atoms. The van der Waals surface area contributed by atoms with Crippen LogP contribution in [0.2, 0.25) is 0 Å². The fraction of sp³-hybridized carbons (Fsp3) is 0.0588. The Morgan fingerprint density at radius 1 is 1.04 bits per heavy atom. The minimum atomic E-state index is -0.534. The number of rotatable bonds is 3. The summed E-state index contributed by atoms with van der Waals surface area (Å²) in [6.07, 6.45) is 1.37. The van der Waals surface area contributed by atoms with Gasteiger partial charge in [0.15, 0.2) is 10.9 Å². The SMILES string of the molecule is Cc1onc(-c2ccccc2)c1C(=O)NNC(=S)NC(=O)c1ccco1. The van der Waals surface area contributed by atoms with Gasteiger partial charge >= 0.3 is 0 Å². The van der Waals surface area contributed by atoms with E-state index >= 15 is 0 Å². The summed E-state index contributed by atoms with van der Waals surface area (Å²) in [7, 11) is 0. The van der Waals surface area contributed by atoms with Crippen molar-refractivity contribution < 1.29 is 18.5 Å². The molecule has 0 aliphatic carbocycles. The Bertz CT molecular complexity index is 935. The molecule has 0 radical (unpaired) electrons. The van der Waals surface area contributed by atoms with Crippen molar-refractivity contribution in [3.05, 3.63) is 65.8 Å². The van der Waals surface area contributed by atoms with Crippen molar-refractivity contribution in [2.75, 3.05) is 0 Å². The standard InChI is InChI=1S/C17H14N4O4S/c1-10-13(14(21-25-10)11-6-3-2-4-7-11)16(23)19-20-17(26)18-15(22)12-8-5-9-24-12/h2-9H,1H3,(H,19,23)(H2,18,20,22,26). The van der Waals surface area contributed by atoms with E-state index in [1.807, 2.05) is 30.3 Å². The van der Waals surface area contributed by atoms with Crippen LogP contribution in [0.4, 0.5) is 0 Å². The van der Waals surface area contributed by atoms with Crippen molar-refractivity contribution in [1.82, 2.24) is 21.3 Å². The Kier molecular flexibility index (Phi) is 5.09. The highest BCUT2D eigenvalue weighted by Crippen LogP contribution is 2.24. The lowest BCUT2D eigenvalue weighted by Crippen LogP contribution is -2.48. The third-order valence-corrected chi connectivity index (χ3v) is 3.60. The zero-order valence-corrected chi connectivity index (χ0v) is 14.4. The van der Waals surface area contributed by atoms with Crippen molar-refractivity contribution in [1.29, 1.82) is 0 Å². The van der Waals surface area contributed by atoms with Crippen molar-refractivity contribution in [2.45, 2.75) is 6.92 Å². The quantitative estimate of drug-likeness (QED) is 0.479. The van der Waals surface area contributed by atoms with Crippen LogP contribution in [0.3, 0.4) is 0 Å². The average Bonchev–Trinajstić information content (AvgIpc) is 3.30. The molecule has 1 aromatic carbocycles. The molecule has 0 fully saturated rings. The van der Waals surface area contributed by atoms with Gasteiger partial charge < -0.3 is 8.94 Å². The average molecular weight is 370 g/mol. The first-order valence-electron chi connectivity index (χ1n) is 7.53. The van der Waals surface area contributed by atoms with E-state index in [0.29, 0.717) is 11.5 Å². The van der Waals surface area contributed by atoms with E-state index in [9.17, 15) is 9.59 Å².